The first-order chi connectivity index (χ1) is 14.3. The number of sulfonamides is 1. The zero-order valence-corrected chi connectivity index (χ0v) is 17.5. The lowest BCUT2D eigenvalue weighted by Gasteiger charge is -2.15. The normalized spacial score (nSPS) is 14.6. The molecule has 3 rings (SSSR count). The van der Waals surface area contributed by atoms with Crippen molar-refractivity contribution in [3.63, 3.8) is 0 Å². The van der Waals surface area contributed by atoms with Crippen LogP contribution in [0.1, 0.15) is 24.0 Å². The lowest BCUT2D eigenvalue weighted by molar-refractivity contribution is -0.192. The molecule has 1 saturated carbocycles. The SMILES string of the molecule is CNC(=O)C1(c2ccc(NS(=O)(=O)c3ccc(C)cc3)cc2)CC1.O=C(O)C(F)(F)F. The summed E-state index contributed by atoms with van der Waals surface area (Å²) in [7, 11) is -1.98. The number of carboxylic acids is 1. The second kappa shape index (κ2) is 8.96. The number of aliphatic carboxylic acids is 1. The van der Waals surface area contributed by atoms with Crippen LogP contribution < -0.4 is 10.0 Å². The van der Waals surface area contributed by atoms with E-state index in [4.69, 9.17) is 9.90 Å². The molecule has 7 nitrogen and oxygen atoms in total. The molecule has 0 bridgehead atoms. The van der Waals surface area contributed by atoms with E-state index in [0.29, 0.717) is 5.69 Å². The first-order valence-corrected chi connectivity index (χ1v) is 10.5. The number of benzene rings is 2. The molecule has 1 aliphatic rings. The van der Waals surface area contributed by atoms with Crippen molar-refractivity contribution in [3.05, 3.63) is 59.7 Å². The van der Waals surface area contributed by atoms with Gasteiger partial charge in [-0.1, -0.05) is 29.8 Å². The van der Waals surface area contributed by atoms with Gasteiger partial charge in [-0.25, -0.2) is 13.2 Å². The van der Waals surface area contributed by atoms with Crippen molar-refractivity contribution in [2.45, 2.75) is 36.3 Å². The van der Waals surface area contributed by atoms with E-state index in [1.165, 1.54) is 0 Å². The summed E-state index contributed by atoms with van der Waals surface area (Å²) in [6, 6.07) is 13.7. The number of anilines is 1. The van der Waals surface area contributed by atoms with Gasteiger partial charge >= 0.3 is 12.1 Å². The third-order valence-electron chi connectivity index (χ3n) is 4.68. The first kappa shape index (κ1) is 24.2. The van der Waals surface area contributed by atoms with E-state index < -0.39 is 27.6 Å². The second-order valence-electron chi connectivity index (χ2n) is 6.96. The molecule has 0 spiro atoms. The minimum absolute atomic E-state index is 0.00971. The standard InChI is InChI=1S/C18H20N2O3S.C2HF3O2/c1-13-3-9-16(10-4-13)24(22,23)20-15-7-5-14(6-8-15)18(11-12-18)17(21)19-2;3-2(4,5)1(6)7/h3-10,20H,11-12H2,1-2H3,(H,19,21);(H,6,7). The third kappa shape index (κ3) is 5.97. The summed E-state index contributed by atoms with van der Waals surface area (Å²) in [6.45, 7) is 1.91. The molecule has 1 fully saturated rings. The summed E-state index contributed by atoms with van der Waals surface area (Å²) in [6.07, 6.45) is -3.44. The molecule has 0 heterocycles. The molecule has 0 aromatic heterocycles. The molecule has 0 atom stereocenters. The van der Waals surface area contributed by atoms with E-state index in [9.17, 15) is 26.4 Å². The zero-order valence-electron chi connectivity index (χ0n) is 16.7. The number of amides is 1. The second-order valence-corrected chi connectivity index (χ2v) is 8.64. The highest BCUT2D eigenvalue weighted by Crippen LogP contribution is 2.48. The maximum atomic E-state index is 12.4. The maximum absolute atomic E-state index is 12.4. The van der Waals surface area contributed by atoms with Crippen LogP contribution in [0.5, 0.6) is 0 Å². The predicted molar refractivity (Wildman–Crippen MR) is 107 cm³/mol. The summed E-state index contributed by atoms with van der Waals surface area (Å²) >= 11 is 0. The van der Waals surface area contributed by atoms with Crippen molar-refractivity contribution in [2.24, 2.45) is 0 Å². The average molecular weight is 458 g/mol. The number of rotatable bonds is 5. The van der Waals surface area contributed by atoms with Crippen LogP contribution in [0.3, 0.4) is 0 Å². The van der Waals surface area contributed by atoms with E-state index in [2.05, 4.69) is 10.0 Å². The van der Waals surface area contributed by atoms with Crippen molar-refractivity contribution in [1.82, 2.24) is 5.32 Å². The average Bonchev–Trinajstić information content (AvgIpc) is 3.50. The van der Waals surface area contributed by atoms with Crippen molar-refractivity contribution >= 4 is 27.6 Å². The molecular weight excluding hydrogens is 437 g/mol. The van der Waals surface area contributed by atoms with Crippen LogP contribution >= 0.6 is 0 Å². The number of hydrogen-bond acceptors (Lipinski definition) is 4. The molecule has 3 N–H and O–H groups in total. The molecule has 11 heteroatoms. The highest BCUT2D eigenvalue weighted by molar-refractivity contribution is 7.92. The van der Waals surface area contributed by atoms with Crippen LogP contribution in [-0.4, -0.2) is 38.6 Å². The molecule has 0 saturated heterocycles. The molecule has 0 unspecified atom stereocenters. The fourth-order valence-corrected chi connectivity index (χ4v) is 3.86. The molecule has 1 amide bonds. The Morgan fingerprint density at radius 1 is 1.00 bits per heavy atom. The Morgan fingerprint density at radius 3 is 1.87 bits per heavy atom. The predicted octanol–water partition coefficient (Wildman–Crippen LogP) is 3.21. The van der Waals surface area contributed by atoms with Gasteiger partial charge in [0.2, 0.25) is 5.91 Å². The summed E-state index contributed by atoms with van der Waals surface area (Å²) in [5, 5.41) is 9.82. The van der Waals surface area contributed by atoms with Gasteiger partial charge in [0.1, 0.15) is 0 Å². The van der Waals surface area contributed by atoms with Crippen LogP contribution in [0, 0.1) is 6.92 Å². The molecule has 168 valence electrons. The van der Waals surface area contributed by atoms with Gasteiger partial charge in [-0.3, -0.25) is 9.52 Å². The Hall–Kier alpha value is -3.08. The Morgan fingerprint density at radius 2 is 1.48 bits per heavy atom. The van der Waals surface area contributed by atoms with Gasteiger partial charge in [-0.15, -0.1) is 0 Å². The number of halogens is 3. The van der Waals surface area contributed by atoms with E-state index >= 15 is 0 Å². The molecule has 2 aromatic rings. The van der Waals surface area contributed by atoms with Crippen molar-refractivity contribution in [3.8, 4) is 0 Å². The van der Waals surface area contributed by atoms with Gasteiger partial charge in [0.15, 0.2) is 0 Å². The van der Waals surface area contributed by atoms with Gasteiger partial charge in [-0.2, -0.15) is 13.2 Å². The van der Waals surface area contributed by atoms with Gasteiger partial charge in [-0.05, 0) is 49.6 Å². The summed E-state index contributed by atoms with van der Waals surface area (Å²) in [5.74, 6) is -2.75. The highest BCUT2D eigenvalue weighted by Gasteiger charge is 2.50. The maximum Gasteiger partial charge on any atom is 0.490 e. The Balaban J connectivity index is 0.000000423. The fraction of sp³-hybridized carbons (Fsp3) is 0.300. The molecule has 2 aromatic carbocycles. The van der Waals surface area contributed by atoms with Crippen LogP contribution in [0.25, 0.3) is 0 Å². The smallest absolute Gasteiger partial charge is 0.475 e. The number of carboxylic acid groups (broad SMARTS) is 1. The summed E-state index contributed by atoms with van der Waals surface area (Å²) in [5.41, 5.74) is 1.96. The Bertz CT molecular complexity index is 1050. The van der Waals surface area contributed by atoms with Crippen LogP contribution in [-0.2, 0) is 25.0 Å². The van der Waals surface area contributed by atoms with E-state index in [-0.39, 0.29) is 10.8 Å². The number of carbonyl (C=O) groups excluding carboxylic acids is 1. The lowest BCUT2D eigenvalue weighted by Crippen LogP contribution is -2.31. The zero-order chi connectivity index (χ0) is 23.4. The van der Waals surface area contributed by atoms with Crippen LogP contribution in [0.4, 0.5) is 18.9 Å². The van der Waals surface area contributed by atoms with Gasteiger partial charge in [0.25, 0.3) is 10.0 Å². The van der Waals surface area contributed by atoms with E-state index in [1.54, 1.807) is 43.4 Å². The van der Waals surface area contributed by atoms with E-state index in [1.807, 2.05) is 19.1 Å². The Labute approximate surface area is 177 Å². The van der Waals surface area contributed by atoms with Crippen molar-refractivity contribution in [2.75, 3.05) is 11.8 Å². The van der Waals surface area contributed by atoms with Crippen molar-refractivity contribution in [1.29, 1.82) is 0 Å². The quantitative estimate of drug-likeness (QED) is 0.637. The lowest BCUT2D eigenvalue weighted by atomic mass is 9.95. The van der Waals surface area contributed by atoms with Crippen molar-refractivity contribution < 1.29 is 36.3 Å². The highest BCUT2D eigenvalue weighted by atomic mass is 32.2. The topological polar surface area (TPSA) is 113 Å². The fourth-order valence-electron chi connectivity index (χ4n) is 2.80. The van der Waals surface area contributed by atoms with Crippen LogP contribution in [0.15, 0.2) is 53.4 Å². The monoisotopic (exact) mass is 458 g/mol. The largest absolute Gasteiger partial charge is 0.490 e. The number of likely N-dealkylation sites (N-methyl/N-ethyl adjacent to an activating group) is 1. The van der Waals surface area contributed by atoms with Gasteiger partial charge in [0, 0.05) is 12.7 Å². The first-order valence-electron chi connectivity index (χ1n) is 9.04. The summed E-state index contributed by atoms with van der Waals surface area (Å²) < 4.78 is 59.1. The molecule has 31 heavy (non-hydrogen) atoms. The molecule has 1 aliphatic carbocycles. The number of aryl methyl sites for hydroxylation is 1. The Kier molecular flexibility index (Phi) is 6.99. The number of hydrogen-bond donors (Lipinski definition) is 3. The van der Waals surface area contributed by atoms with Crippen LogP contribution in [0.2, 0.25) is 0 Å². The van der Waals surface area contributed by atoms with Gasteiger partial charge < -0.3 is 10.4 Å². The number of carbonyl (C=O) groups is 2. The van der Waals surface area contributed by atoms with E-state index in [0.717, 1.165) is 24.0 Å². The van der Waals surface area contributed by atoms with Gasteiger partial charge in [0.05, 0.1) is 10.3 Å². The third-order valence-corrected chi connectivity index (χ3v) is 6.07. The molecule has 0 aliphatic heterocycles. The number of nitrogens with one attached hydrogen (secondary N) is 2. The molecular formula is C20H21F3N2O5S. The summed E-state index contributed by atoms with van der Waals surface area (Å²) in [4.78, 5) is 21.1. The minimum atomic E-state index is -5.08. The minimum Gasteiger partial charge on any atom is -0.475 e. The molecule has 0 radical (unpaired) electrons. The number of alkyl halides is 3.